The molecule has 1 saturated carbocycles. The number of nitrogens with two attached hydrogens (primary N) is 1. The smallest absolute Gasteiger partial charge is 0.408 e. The van der Waals surface area contributed by atoms with Crippen LogP contribution in [0.25, 0.3) is 0 Å². The summed E-state index contributed by atoms with van der Waals surface area (Å²) in [5, 5.41) is 9.52. The minimum absolute atomic E-state index is 0.108. The lowest BCUT2D eigenvalue weighted by atomic mass is 9.79. The van der Waals surface area contributed by atoms with Crippen LogP contribution in [0.2, 0.25) is 0 Å². The van der Waals surface area contributed by atoms with Gasteiger partial charge in [-0.05, 0) is 38.2 Å². The number of rotatable bonds is 3. The summed E-state index contributed by atoms with van der Waals surface area (Å²) in [5.41, 5.74) is 6.69. The molecule has 1 unspecified atom stereocenters. The number of amides is 1. The fraction of sp³-hybridized carbons (Fsp3) is 0.533. The lowest BCUT2D eigenvalue weighted by Gasteiger charge is -2.44. The van der Waals surface area contributed by atoms with Gasteiger partial charge in [-0.3, -0.25) is 4.90 Å². The van der Waals surface area contributed by atoms with E-state index in [1.54, 1.807) is 4.90 Å². The van der Waals surface area contributed by atoms with Crippen molar-refractivity contribution in [3.63, 3.8) is 0 Å². The van der Waals surface area contributed by atoms with E-state index in [4.69, 9.17) is 5.73 Å². The molecule has 1 aliphatic rings. The summed E-state index contributed by atoms with van der Waals surface area (Å²) in [6.45, 7) is 2.45. The van der Waals surface area contributed by atoms with E-state index >= 15 is 0 Å². The monoisotopic (exact) mass is 262 g/mol. The summed E-state index contributed by atoms with van der Waals surface area (Å²) >= 11 is 0. The maximum Gasteiger partial charge on any atom is 0.408 e. The Hall–Kier alpha value is -1.55. The van der Waals surface area contributed by atoms with Crippen LogP contribution in [0, 0.1) is 0 Å². The second-order valence-corrected chi connectivity index (χ2v) is 5.71. The second kappa shape index (κ2) is 5.61. The van der Waals surface area contributed by atoms with Gasteiger partial charge in [-0.2, -0.15) is 0 Å². The maximum atomic E-state index is 11.6. The fourth-order valence-corrected chi connectivity index (χ4v) is 3.01. The average Bonchev–Trinajstić information content (AvgIpc) is 2.36. The third kappa shape index (κ3) is 3.26. The lowest BCUT2D eigenvalue weighted by molar-refractivity contribution is 0.0506. The van der Waals surface area contributed by atoms with Gasteiger partial charge in [0.1, 0.15) is 0 Å². The van der Waals surface area contributed by atoms with E-state index < -0.39 is 6.09 Å². The van der Waals surface area contributed by atoms with Crippen LogP contribution >= 0.6 is 0 Å². The molecule has 0 radical (unpaired) electrons. The van der Waals surface area contributed by atoms with Crippen LogP contribution in [-0.4, -0.2) is 27.7 Å². The van der Waals surface area contributed by atoms with Crippen LogP contribution in [0.4, 0.5) is 4.79 Å². The maximum absolute atomic E-state index is 11.6. The molecule has 1 amide bonds. The van der Waals surface area contributed by atoms with E-state index in [9.17, 15) is 9.90 Å². The summed E-state index contributed by atoms with van der Waals surface area (Å²) in [6.07, 6.45) is 2.76. The predicted octanol–water partition coefficient (Wildman–Crippen LogP) is 2.83. The molecular weight excluding hydrogens is 240 g/mol. The van der Waals surface area contributed by atoms with Gasteiger partial charge in [0.2, 0.25) is 0 Å². The van der Waals surface area contributed by atoms with E-state index in [-0.39, 0.29) is 11.6 Å². The van der Waals surface area contributed by atoms with Crippen molar-refractivity contribution < 1.29 is 9.90 Å². The van der Waals surface area contributed by atoms with Crippen LogP contribution in [0.3, 0.4) is 0 Å². The molecule has 0 aliphatic heterocycles. The first-order valence-corrected chi connectivity index (χ1v) is 6.81. The van der Waals surface area contributed by atoms with Gasteiger partial charge in [0.15, 0.2) is 0 Å². The highest BCUT2D eigenvalue weighted by Gasteiger charge is 2.38. The molecule has 0 aromatic heterocycles. The highest BCUT2D eigenvalue weighted by Crippen LogP contribution is 2.34. The van der Waals surface area contributed by atoms with Gasteiger partial charge >= 0.3 is 6.09 Å². The quantitative estimate of drug-likeness (QED) is 0.880. The first-order valence-electron chi connectivity index (χ1n) is 6.81. The van der Waals surface area contributed by atoms with Crippen molar-refractivity contribution in [2.45, 2.75) is 50.7 Å². The number of carbonyl (C=O) groups is 1. The molecule has 19 heavy (non-hydrogen) atoms. The molecule has 4 heteroatoms. The highest BCUT2D eigenvalue weighted by molar-refractivity contribution is 5.66. The van der Waals surface area contributed by atoms with Gasteiger partial charge in [0, 0.05) is 18.1 Å². The summed E-state index contributed by atoms with van der Waals surface area (Å²) < 4.78 is 0. The topological polar surface area (TPSA) is 66.6 Å². The van der Waals surface area contributed by atoms with Crippen LogP contribution < -0.4 is 5.73 Å². The zero-order valence-electron chi connectivity index (χ0n) is 11.4. The minimum atomic E-state index is -0.861. The number of benzene rings is 1. The molecule has 3 N–H and O–H groups in total. The molecule has 1 aromatic rings. The van der Waals surface area contributed by atoms with Gasteiger partial charge in [-0.1, -0.05) is 30.3 Å². The van der Waals surface area contributed by atoms with Crippen molar-refractivity contribution in [3.8, 4) is 0 Å². The van der Waals surface area contributed by atoms with Crippen molar-refractivity contribution in [1.82, 2.24) is 4.90 Å². The van der Waals surface area contributed by atoms with Crippen LogP contribution in [0.15, 0.2) is 30.3 Å². The summed E-state index contributed by atoms with van der Waals surface area (Å²) in [7, 11) is 0. The van der Waals surface area contributed by atoms with Gasteiger partial charge in [-0.15, -0.1) is 0 Å². The van der Waals surface area contributed by atoms with Gasteiger partial charge in [0.05, 0.1) is 0 Å². The van der Waals surface area contributed by atoms with Gasteiger partial charge < -0.3 is 10.8 Å². The highest BCUT2D eigenvalue weighted by atomic mass is 16.4. The number of hydrogen-bond donors (Lipinski definition) is 2. The van der Waals surface area contributed by atoms with Crippen molar-refractivity contribution in [3.05, 3.63) is 35.9 Å². The molecular formula is C15H22N2O2. The van der Waals surface area contributed by atoms with Crippen LogP contribution in [0.5, 0.6) is 0 Å². The third-order valence-electron chi connectivity index (χ3n) is 4.06. The Balaban J connectivity index is 2.18. The first kappa shape index (κ1) is 13.9. The van der Waals surface area contributed by atoms with Crippen molar-refractivity contribution in [2.24, 2.45) is 5.73 Å². The van der Waals surface area contributed by atoms with Crippen molar-refractivity contribution in [1.29, 1.82) is 0 Å². The predicted molar refractivity (Wildman–Crippen MR) is 74.9 cm³/mol. The molecule has 0 saturated heterocycles. The Labute approximate surface area is 114 Å². The lowest BCUT2D eigenvalue weighted by Crippen LogP contribution is -2.53. The zero-order chi connectivity index (χ0) is 13.9. The standard InChI is InChI=1S/C15H22N2O2/c1-15(9-5-8-13(16)10-15)17(14(18)19)11-12-6-3-2-4-7-12/h2-4,6-7,13H,5,8-11,16H2,1H3,(H,18,19)/t13-,15?/m1/s1. The Morgan fingerprint density at radius 3 is 2.74 bits per heavy atom. The van der Waals surface area contributed by atoms with E-state index in [1.807, 2.05) is 37.3 Å². The molecule has 0 heterocycles. The van der Waals surface area contributed by atoms with E-state index in [1.165, 1.54) is 0 Å². The SMILES string of the molecule is CC1(N(Cc2ccccc2)C(=O)O)CCC[C@@H](N)C1. The van der Waals surface area contributed by atoms with Crippen LogP contribution in [-0.2, 0) is 6.54 Å². The third-order valence-corrected chi connectivity index (χ3v) is 4.06. The Kier molecular flexibility index (Phi) is 4.10. The van der Waals surface area contributed by atoms with E-state index in [2.05, 4.69) is 0 Å². The van der Waals surface area contributed by atoms with E-state index in [0.717, 1.165) is 31.2 Å². The Morgan fingerprint density at radius 2 is 2.16 bits per heavy atom. The molecule has 2 rings (SSSR count). The van der Waals surface area contributed by atoms with Crippen molar-refractivity contribution in [2.75, 3.05) is 0 Å². The summed E-state index contributed by atoms with van der Waals surface area (Å²) in [6, 6.07) is 9.84. The van der Waals surface area contributed by atoms with Crippen LogP contribution in [0.1, 0.15) is 38.2 Å². The minimum Gasteiger partial charge on any atom is -0.465 e. The van der Waals surface area contributed by atoms with Gasteiger partial charge in [-0.25, -0.2) is 4.79 Å². The average molecular weight is 262 g/mol. The Bertz CT molecular complexity index is 435. The molecule has 104 valence electrons. The molecule has 0 bridgehead atoms. The fourth-order valence-electron chi connectivity index (χ4n) is 3.01. The van der Waals surface area contributed by atoms with E-state index in [0.29, 0.717) is 6.54 Å². The summed E-state index contributed by atoms with van der Waals surface area (Å²) in [4.78, 5) is 13.2. The van der Waals surface area contributed by atoms with Crippen molar-refractivity contribution >= 4 is 6.09 Å². The molecule has 1 fully saturated rings. The molecule has 1 aromatic carbocycles. The number of nitrogens with zero attached hydrogens (tertiary/aromatic N) is 1. The first-order chi connectivity index (χ1) is 9.01. The number of hydrogen-bond acceptors (Lipinski definition) is 2. The van der Waals surface area contributed by atoms with Gasteiger partial charge in [0.25, 0.3) is 0 Å². The molecule has 0 spiro atoms. The molecule has 2 atom stereocenters. The second-order valence-electron chi connectivity index (χ2n) is 5.71. The number of carboxylic acid groups (broad SMARTS) is 1. The zero-order valence-corrected chi connectivity index (χ0v) is 11.4. The summed E-state index contributed by atoms with van der Waals surface area (Å²) in [5.74, 6) is 0. The molecule has 1 aliphatic carbocycles. The largest absolute Gasteiger partial charge is 0.465 e. The molecule has 4 nitrogen and oxygen atoms in total. The normalized spacial score (nSPS) is 26.9. The Morgan fingerprint density at radius 1 is 1.47 bits per heavy atom.